The minimum atomic E-state index is -0.130. The van der Waals surface area contributed by atoms with Crippen LogP contribution < -0.4 is 33.5 Å². The van der Waals surface area contributed by atoms with E-state index in [0.717, 1.165) is 44.1 Å². The van der Waals surface area contributed by atoms with Crippen LogP contribution in [0.1, 0.15) is 57.4 Å². The number of rotatable bonds is 16. The van der Waals surface area contributed by atoms with Crippen molar-refractivity contribution in [2.24, 2.45) is 22.5 Å². The van der Waals surface area contributed by atoms with Gasteiger partial charge in [-0.05, 0) is 50.5 Å². The number of hydrogen-bond donors (Lipinski definition) is 7. The fourth-order valence-electron chi connectivity index (χ4n) is 3.54. The zero-order valence-electron chi connectivity index (χ0n) is 19.0. The second-order valence-corrected chi connectivity index (χ2v) is 7.85. The molecular formula is C23H39N7O2. The average molecular weight is 446 g/mol. The molecule has 32 heavy (non-hydrogen) atoms. The number of nitrogens with two attached hydrogens (primary N) is 3. The van der Waals surface area contributed by atoms with E-state index in [4.69, 9.17) is 17.4 Å². The second kappa shape index (κ2) is 15.6. The van der Waals surface area contributed by atoms with E-state index in [9.17, 15) is 9.90 Å². The summed E-state index contributed by atoms with van der Waals surface area (Å²) in [4.78, 5) is 11.9. The molecule has 2 atom stereocenters. The summed E-state index contributed by atoms with van der Waals surface area (Å²) in [6.45, 7) is 5.71. The average Bonchev–Trinajstić information content (AvgIpc) is 2.79. The lowest BCUT2D eigenvalue weighted by Crippen LogP contribution is -2.49. The Morgan fingerprint density at radius 1 is 1.12 bits per heavy atom. The number of hydrazone groups is 1. The Morgan fingerprint density at radius 3 is 2.31 bits per heavy atom. The van der Waals surface area contributed by atoms with Crippen LogP contribution >= 0.6 is 0 Å². The van der Waals surface area contributed by atoms with Gasteiger partial charge in [0.05, 0.1) is 12.0 Å². The first-order valence-electron chi connectivity index (χ1n) is 11.0. The number of carbonyl (C=O) groups excluding carboxylic acids is 1. The van der Waals surface area contributed by atoms with Gasteiger partial charge in [0.15, 0.2) is 0 Å². The van der Waals surface area contributed by atoms with Gasteiger partial charge in [-0.3, -0.25) is 10.6 Å². The number of nitrogens with zero attached hydrogens (tertiary/aromatic N) is 1. The number of hydrogen-bond acceptors (Lipinski definition) is 7. The first kappa shape index (κ1) is 26.8. The Morgan fingerprint density at radius 2 is 1.75 bits per heavy atom. The van der Waals surface area contributed by atoms with Gasteiger partial charge in [0, 0.05) is 31.1 Å². The van der Waals surface area contributed by atoms with Crippen LogP contribution in [0, 0.1) is 0 Å². The molecule has 0 fully saturated rings. The van der Waals surface area contributed by atoms with Crippen molar-refractivity contribution in [1.29, 1.82) is 0 Å². The van der Waals surface area contributed by atoms with Crippen LogP contribution in [-0.2, 0) is 11.2 Å². The van der Waals surface area contributed by atoms with Gasteiger partial charge in [-0.25, -0.2) is 0 Å². The SMILES string of the molecule is C=C(CCc1ccccc1)NC(CCC/C(N)=N/N)C(CCCC(=CO)NN)NC(C)=O. The monoisotopic (exact) mass is 445 g/mol. The number of aliphatic hydroxyl groups excluding tert-OH is 1. The Hall–Kier alpha value is -3.20. The molecule has 2 unspecified atom stereocenters. The second-order valence-electron chi connectivity index (χ2n) is 7.85. The molecule has 0 aliphatic carbocycles. The molecule has 1 aromatic rings. The molecule has 0 aliphatic rings. The molecule has 9 heteroatoms. The molecule has 1 rings (SSSR count). The summed E-state index contributed by atoms with van der Waals surface area (Å²) in [6, 6.07) is 10.1. The standard InChI is InChI=1S/C23H39N7O2/c1-17(14-15-19-8-4-3-5-9-19)27-21(12-7-13-23(24)30-26)22(28-18(2)32)11-6-10-20(16-31)29-25/h3-5,8-9,16,21-22,27,29,31H,1,6-7,10-15,25-26H2,2H3,(H2,24,30)(H,28,32). The minimum Gasteiger partial charge on any atom is -0.514 e. The molecule has 0 radical (unpaired) electrons. The maximum absolute atomic E-state index is 11.9. The van der Waals surface area contributed by atoms with Crippen molar-refractivity contribution in [3.8, 4) is 0 Å². The molecule has 0 aromatic heterocycles. The predicted octanol–water partition coefficient (Wildman–Crippen LogP) is 2.03. The van der Waals surface area contributed by atoms with E-state index in [1.165, 1.54) is 12.5 Å². The van der Waals surface area contributed by atoms with Crippen LogP contribution in [0.2, 0.25) is 0 Å². The fourth-order valence-corrected chi connectivity index (χ4v) is 3.54. The molecule has 9 nitrogen and oxygen atoms in total. The zero-order valence-corrected chi connectivity index (χ0v) is 19.0. The number of amides is 1. The van der Waals surface area contributed by atoms with Crippen molar-refractivity contribution in [3.63, 3.8) is 0 Å². The Balaban J connectivity index is 2.81. The number of hydrazine groups is 1. The lowest BCUT2D eigenvalue weighted by atomic mass is 9.95. The highest BCUT2D eigenvalue weighted by Gasteiger charge is 2.22. The molecule has 0 saturated heterocycles. The highest BCUT2D eigenvalue weighted by molar-refractivity contribution is 5.79. The number of amidine groups is 1. The van der Waals surface area contributed by atoms with Crippen LogP contribution in [0.3, 0.4) is 0 Å². The van der Waals surface area contributed by atoms with Gasteiger partial charge in [-0.2, -0.15) is 5.10 Å². The Bertz CT molecular complexity index is 750. The summed E-state index contributed by atoms with van der Waals surface area (Å²) < 4.78 is 0. The first-order valence-corrected chi connectivity index (χ1v) is 11.0. The Labute approximate surface area is 191 Å². The van der Waals surface area contributed by atoms with Crippen molar-refractivity contribution in [2.45, 2.75) is 70.4 Å². The number of aliphatic hydroxyl groups is 1. The Kier molecular flexibility index (Phi) is 13.1. The topological polar surface area (TPSA) is 164 Å². The number of nitrogens with one attached hydrogen (secondary N) is 3. The summed E-state index contributed by atoms with van der Waals surface area (Å²) >= 11 is 0. The van der Waals surface area contributed by atoms with E-state index >= 15 is 0 Å². The number of aryl methyl sites for hydroxylation is 1. The molecule has 0 aliphatic heterocycles. The summed E-state index contributed by atoms with van der Waals surface area (Å²) in [5.41, 5.74) is 10.9. The molecule has 1 amide bonds. The minimum absolute atomic E-state index is 0.0415. The number of allylic oxidation sites excluding steroid dienone is 2. The summed E-state index contributed by atoms with van der Waals surface area (Å²) in [5.74, 6) is 10.9. The third kappa shape index (κ3) is 11.3. The van der Waals surface area contributed by atoms with Gasteiger partial charge < -0.3 is 32.7 Å². The van der Waals surface area contributed by atoms with Crippen molar-refractivity contribution in [3.05, 3.63) is 60.1 Å². The molecule has 0 bridgehead atoms. The number of carbonyl (C=O) groups is 1. The van der Waals surface area contributed by atoms with E-state index in [-0.39, 0.29) is 18.0 Å². The fraction of sp³-hybridized carbons (Fsp3) is 0.478. The summed E-state index contributed by atoms with van der Waals surface area (Å²) in [7, 11) is 0. The van der Waals surface area contributed by atoms with Crippen molar-refractivity contribution < 1.29 is 9.90 Å². The summed E-state index contributed by atoms with van der Waals surface area (Å²) in [6.07, 6.45) is 6.71. The highest BCUT2D eigenvalue weighted by Crippen LogP contribution is 2.16. The van der Waals surface area contributed by atoms with Crippen LogP contribution in [0.25, 0.3) is 0 Å². The third-order valence-electron chi connectivity index (χ3n) is 5.24. The van der Waals surface area contributed by atoms with Gasteiger partial charge in [-0.1, -0.05) is 36.9 Å². The van der Waals surface area contributed by atoms with Crippen molar-refractivity contribution in [2.75, 3.05) is 0 Å². The molecular weight excluding hydrogens is 406 g/mol. The van der Waals surface area contributed by atoms with Crippen molar-refractivity contribution in [1.82, 2.24) is 16.1 Å². The van der Waals surface area contributed by atoms with Gasteiger partial charge in [0.2, 0.25) is 5.91 Å². The first-order chi connectivity index (χ1) is 15.4. The van der Waals surface area contributed by atoms with Crippen LogP contribution in [0.5, 0.6) is 0 Å². The highest BCUT2D eigenvalue weighted by atomic mass is 16.2. The normalized spacial score (nSPS) is 13.8. The molecule has 178 valence electrons. The molecule has 1 aromatic carbocycles. The summed E-state index contributed by atoms with van der Waals surface area (Å²) in [5, 5.41) is 19.3. The largest absolute Gasteiger partial charge is 0.514 e. The lowest BCUT2D eigenvalue weighted by molar-refractivity contribution is -0.119. The van der Waals surface area contributed by atoms with Crippen LogP contribution in [0.15, 0.2) is 59.7 Å². The van der Waals surface area contributed by atoms with Crippen LogP contribution in [-0.4, -0.2) is 28.9 Å². The molecule has 0 saturated carbocycles. The third-order valence-corrected chi connectivity index (χ3v) is 5.24. The van der Waals surface area contributed by atoms with E-state index in [0.29, 0.717) is 30.8 Å². The quantitative estimate of drug-likeness (QED) is 0.0672. The van der Waals surface area contributed by atoms with E-state index in [2.05, 4.69) is 39.9 Å². The maximum atomic E-state index is 11.9. The zero-order chi connectivity index (χ0) is 23.8. The van der Waals surface area contributed by atoms with Gasteiger partial charge in [0.1, 0.15) is 5.84 Å². The van der Waals surface area contributed by atoms with Gasteiger partial charge >= 0.3 is 0 Å². The van der Waals surface area contributed by atoms with E-state index in [1.807, 2.05) is 18.2 Å². The lowest BCUT2D eigenvalue weighted by Gasteiger charge is -2.30. The van der Waals surface area contributed by atoms with Gasteiger partial charge in [-0.15, -0.1) is 0 Å². The van der Waals surface area contributed by atoms with E-state index < -0.39 is 0 Å². The number of benzene rings is 1. The maximum Gasteiger partial charge on any atom is 0.217 e. The van der Waals surface area contributed by atoms with Crippen LogP contribution in [0.4, 0.5) is 0 Å². The molecule has 0 heterocycles. The van der Waals surface area contributed by atoms with Gasteiger partial charge in [0.25, 0.3) is 0 Å². The molecule has 0 spiro atoms. The van der Waals surface area contributed by atoms with Crippen molar-refractivity contribution >= 4 is 11.7 Å². The predicted molar refractivity (Wildman–Crippen MR) is 130 cm³/mol. The van der Waals surface area contributed by atoms with E-state index in [1.54, 1.807) is 0 Å². The molecule has 10 N–H and O–H groups in total. The smallest absolute Gasteiger partial charge is 0.217 e.